The molecular formula is C18H14N2O3. The highest BCUT2D eigenvalue weighted by molar-refractivity contribution is 6.21. The largest absolute Gasteiger partial charge is 0.493 e. The fraction of sp³-hybridized carbons (Fsp3) is 0.167. The van der Waals surface area contributed by atoms with E-state index in [9.17, 15) is 4.79 Å². The van der Waals surface area contributed by atoms with Crippen LogP contribution >= 0.6 is 0 Å². The topological polar surface area (TPSA) is 71.7 Å². The van der Waals surface area contributed by atoms with E-state index in [1.54, 1.807) is 12.2 Å². The normalized spacial score (nSPS) is 19.5. The number of nitriles is 1. The zero-order valence-electron chi connectivity index (χ0n) is 12.5. The molecule has 1 aliphatic heterocycles. The number of benzene rings is 1. The summed E-state index contributed by atoms with van der Waals surface area (Å²) in [5, 5.41) is 8.94. The van der Waals surface area contributed by atoms with Crippen molar-refractivity contribution in [1.82, 2.24) is 0 Å². The molecule has 0 spiro atoms. The molecule has 0 bridgehead atoms. The van der Waals surface area contributed by atoms with Crippen molar-refractivity contribution >= 4 is 11.5 Å². The van der Waals surface area contributed by atoms with E-state index in [4.69, 9.17) is 14.7 Å². The second kappa shape index (κ2) is 6.32. The summed E-state index contributed by atoms with van der Waals surface area (Å²) in [7, 11) is 1.52. The predicted octanol–water partition coefficient (Wildman–Crippen LogP) is 2.68. The second-order valence-electron chi connectivity index (χ2n) is 5.07. The van der Waals surface area contributed by atoms with E-state index in [0.717, 1.165) is 5.56 Å². The van der Waals surface area contributed by atoms with Crippen LogP contribution in [0.15, 0.2) is 70.8 Å². The molecule has 1 atom stereocenters. The Labute approximate surface area is 133 Å². The lowest BCUT2D eigenvalue weighted by molar-refractivity contribution is -0.116. The minimum absolute atomic E-state index is 0.0486. The van der Waals surface area contributed by atoms with E-state index in [-0.39, 0.29) is 11.4 Å². The first-order chi connectivity index (χ1) is 11.2. The monoisotopic (exact) mass is 306 g/mol. The van der Waals surface area contributed by atoms with Gasteiger partial charge in [-0.15, -0.1) is 0 Å². The summed E-state index contributed by atoms with van der Waals surface area (Å²) in [4.78, 5) is 16.4. The minimum Gasteiger partial charge on any atom is -0.493 e. The molecule has 5 nitrogen and oxygen atoms in total. The second-order valence-corrected chi connectivity index (χ2v) is 5.07. The van der Waals surface area contributed by atoms with E-state index in [2.05, 4.69) is 4.99 Å². The third-order valence-corrected chi connectivity index (χ3v) is 3.63. The number of Topliss-reactive ketones (excluding diaryl/α,β-unsaturated/α-hetero) is 1. The van der Waals surface area contributed by atoms with Crippen LogP contribution in [-0.4, -0.2) is 18.6 Å². The fourth-order valence-corrected chi connectivity index (χ4v) is 2.41. The lowest BCUT2D eigenvalue weighted by atomic mass is 9.87. The molecule has 0 amide bonds. The van der Waals surface area contributed by atoms with E-state index in [0.29, 0.717) is 23.8 Å². The number of hydrogen-bond donors (Lipinski definition) is 0. The van der Waals surface area contributed by atoms with Gasteiger partial charge in [0.15, 0.2) is 17.3 Å². The van der Waals surface area contributed by atoms with Crippen molar-refractivity contribution in [1.29, 1.82) is 5.26 Å². The molecule has 3 rings (SSSR count). The minimum atomic E-state index is -0.589. The summed E-state index contributed by atoms with van der Waals surface area (Å²) in [6, 6.07) is 11.6. The maximum atomic E-state index is 12.2. The zero-order valence-corrected chi connectivity index (χ0v) is 12.5. The van der Waals surface area contributed by atoms with Gasteiger partial charge in [0.05, 0.1) is 18.7 Å². The Morgan fingerprint density at radius 1 is 1.26 bits per heavy atom. The summed E-state index contributed by atoms with van der Waals surface area (Å²) >= 11 is 0. The molecule has 1 aromatic carbocycles. The fourth-order valence-electron chi connectivity index (χ4n) is 2.41. The van der Waals surface area contributed by atoms with Gasteiger partial charge in [-0.25, -0.2) is 0 Å². The highest BCUT2D eigenvalue weighted by atomic mass is 16.5. The van der Waals surface area contributed by atoms with Crippen molar-refractivity contribution in [2.45, 2.75) is 6.61 Å². The standard InChI is InChI=1S/C18H14N2O3/c1-22-16-7-14-15(20-10-13(9-19)18(14)21)8-17(16)23-11-12-5-3-2-4-6-12/h2-8,10,14H,11H2,1H3. The van der Waals surface area contributed by atoms with Crippen molar-refractivity contribution < 1.29 is 14.3 Å². The molecule has 5 heteroatoms. The van der Waals surface area contributed by atoms with Crippen molar-refractivity contribution in [2.24, 2.45) is 10.9 Å². The van der Waals surface area contributed by atoms with Gasteiger partial charge in [-0.05, 0) is 11.6 Å². The lowest BCUT2D eigenvalue weighted by Gasteiger charge is -2.23. The van der Waals surface area contributed by atoms with Crippen LogP contribution in [0.5, 0.6) is 0 Å². The lowest BCUT2D eigenvalue weighted by Crippen LogP contribution is -2.28. The van der Waals surface area contributed by atoms with Gasteiger partial charge in [0.1, 0.15) is 18.2 Å². The number of rotatable bonds is 4. The van der Waals surface area contributed by atoms with Gasteiger partial charge in [0, 0.05) is 12.3 Å². The average Bonchev–Trinajstić information content (AvgIpc) is 2.60. The Morgan fingerprint density at radius 2 is 2.04 bits per heavy atom. The van der Waals surface area contributed by atoms with Crippen LogP contribution in [0.25, 0.3) is 0 Å². The van der Waals surface area contributed by atoms with E-state index in [1.165, 1.54) is 13.3 Å². The summed E-state index contributed by atoms with van der Waals surface area (Å²) in [5.74, 6) is 0.129. The summed E-state index contributed by atoms with van der Waals surface area (Å²) in [5.41, 5.74) is 1.63. The summed E-state index contributed by atoms with van der Waals surface area (Å²) in [6.45, 7) is 0.387. The molecule has 1 aliphatic carbocycles. The van der Waals surface area contributed by atoms with Gasteiger partial charge < -0.3 is 9.47 Å². The third-order valence-electron chi connectivity index (χ3n) is 3.63. The Morgan fingerprint density at radius 3 is 2.74 bits per heavy atom. The van der Waals surface area contributed by atoms with Crippen molar-refractivity contribution in [3.8, 4) is 6.07 Å². The van der Waals surface area contributed by atoms with E-state index < -0.39 is 5.92 Å². The molecule has 0 fully saturated rings. The Hall–Kier alpha value is -3.13. The number of aliphatic imine (C=N–C) groups is 1. The first kappa shape index (κ1) is 14.8. The number of ketones is 1. The predicted molar refractivity (Wildman–Crippen MR) is 84.0 cm³/mol. The number of hydrogen-bond acceptors (Lipinski definition) is 5. The number of nitrogens with zero attached hydrogens (tertiary/aromatic N) is 2. The molecule has 114 valence electrons. The molecule has 0 aromatic heterocycles. The molecule has 1 aromatic rings. The van der Waals surface area contributed by atoms with Crippen LogP contribution < -0.4 is 0 Å². The molecule has 0 saturated carbocycles. The quantitative estimate of drug-likeness (QED) is 0.857. The van der Waals surface area contributed by atoms with Gasteiger partial charge in [0.25, 0.3) is 0 Å². The van der Waals surface area contributed by atoms with Crippen LogP contribution in [0.2, 0.25) is 0 Å². The van der Waals surface area contributed by atoms with Gasteiger partial charge in [-0.1, -0.05) is 30.3 Å². The molecule has 1 unspecified atom stereocenters. The Balaban J connectivity index is 1.85. The Kier molecular flexibility index (Phi) is 4.07. The van der Waals surface area contributed by atoms with E-state index >= 15 is 0 Å². The zero-order chi connectivity index (χ0) is 16.2. The summed E-state index contributed by atoms with van der Waals surface area (Å²) < 4.78 is 11.1. The van der Waals surface area contributed by atoms with E-state index in [1.807, 2.05) is 36.4 Å². The van der Waals surface area contributed by atoms with Crippen molar-refractivity contribution in [2.75, 3.05) is 7.11 Å². The molecule has 0 radical (unpaired) electrons. The number of carbonyl (C=O) groups is 1. The average molecular weight is 306 g/mol. The maximum Gasteiger partial charge on any atom is 0.187 e. The molecule has 2 aliphatic rings. The summed E-state index contributed by atoms with van der Waals surface area (Å²) in [6.07, 6.45) is 4.63. The number of fused-ring (bicyclic) bond motifs is 1. The number of carbonyl (C=O) groups excluding carboxylic acids is 1. The van der Waals surface area contributed by atoms with Crippen molar-refractivity contribution in [3.63, 3.8) is 0 Å². The SMILES string of the molecule is COC1=CC2C(=O)C(C#N)=CN=C2C=C1OCc1ccccc1. The third kappa shape index (κ3) is 2.92. The first-order valence-electron chi connectivity index (χ1n) is 7.09. The number of allylic oxidation sites excluding steroid dienone is 3. The highest BCUT2D eigenvalue weighted by Gasteiger charge is 2.32. The highest BCUT2D eigenvalue weighted by Crippen LogP contribution is 2.28. The van der Waals surface area contributed by atoms with Gasteiger partial charge >= 0.3 is 0 Å². The van der Waals surface area contributed by atoms with Crippen LogP contribution in [0, 0.1) is 17.2 Å². The van der Waals surface area contributed by atoms with Crippen LogP contribution in [0.3, 0.4) is 0 Å². The van der Waals surface area contributed by atoms with Gasteiger partial charge in [0.2, 0.25) is 0 Å². The smallest absolute Gasteiger partial charge is 0.187 e. The Bertz CT molecular complexity index is 795. The van der Waals surface area contributed by atoms with Gasteiger partial charge in [-0.2, -0.15) is 5.26 Å². The first-order valence-corrected chi connectivity index (χ1v) is 7.09. The number of methoxy groups -OCH3 is 1. The molecule has 1 heterocycles. The van der Waals surface area contributed by atoms with Crippen LogP contribution in [-0.2, 0) is 20.9 Å². The van der Waals surface area contributed by atoms with Crippen LogP contribution in [0.4, 0.5) is 0 Å². The van der Waals surface area contributed by atoms with Crippen molar-refractivity contribution in [3.05, 3.63) is 71.3 Å². The molecular weight excluding hydrogens is 292 g/mol. The molecule has 23 heavy (non-hydrogen) atoms. The van der Waals surface area contributed by atoms with Gasteiger partial charge in [-0.3, -0.25) is 9.79 Å². The molecule has 0 N–H and O–H groups in total. The van der Waals surface area contributed by atoms with Crippen LogP contribution in [0.1, 0.15) is 5.56 Å². The number of ether oxygens (including phenoxy) is 2. The maximum absolute atomic E-state index is 12.2. The molecule has 0 saturated heterocycles.